The van der Waals surface area contributed by atoms with E-state index in [1.807, 2.05) is 0 Å². The van der Waals surface area contributed by atoms with Crippen molar-refractivity contribution >= 4 is 5.78 Å². The van der Waals surface area contributed by atoms with Crippen LogP contribution in [0.4, 0.5) is 0 Å². The highest BCUT2D eigenvalue weighted by atomic mass is 16.5. The first kappa shape index (κ1) is 13.7. The van der Waals surface area contributed by atoms with Gasteiger partial charge in [0, 0.05) is 19.6 Å². The van der Waals surface area contributed by atoms with Crippen molar-refractivity contribution in [3.8, 4) is 0 Å². The first-order valence-corrected chi connectivity index (χ1v) is 6.52. The molecule has 0 aromatic rings. The van der Waals surface area contributed by atoms with Gasteiger partial charge in [-0.15, -0.1) is 0 Å². The molecule has 0 saturated heterocycles. The van der Waals surface area contributed by atoms with Gasteiger partial charge in [-0.05, 0) is 19.4 Å². The Morgan fingerprint density at radius 3 is 2.56 bits per heavy atom. The van der Waals surface area contributed by atoms with Crippen LogP contribution < -0.4 is 0 Å². The SMILES string of the molecule is CCN(CCOC)CC(=O)C1CCCCC1. The molecule has 1 rings (SSSR count). The largest absolute Gasteiger partial charge is 0.383 e. The summed E-state index contributed by atoms with van der Waals surface area (Å²) < 4.78 is 5.05. The minimum atomic E-state index is 0.338. The van der Waals surface area contributed by atoms with Crippen LogP contribution in [0, 0.1) is 5.92 Å². The Morgan fingerprint density at radius 2 is 2.00 bits per heavy atom. The highest BCUT2D eigenvalue weighted by Crippen LogP contribution is 2.24. The number of likely N-dealkylation sites (N-methyl/N-ethyl adjacent to an activating group) is 1. The summed E-state index contributed by atoms with van der Waals surface area (Å²) in [6.07, 6.45) is 6.01. The van der Waals surface area contributed by atoms with Crippen molar-refractivity contribution in [1.82, 2.24) is 4.90 Å². The van der Waals surface area contributed by atoms with Crippen LogP contribution in [0.3, 0.4) is 0 Å². The molecule has 0 aromatic carbocycles. The molecule has 94 valence electrons. The molecule has 1 fully saturated rings. The van der Waals surface area contributed by atoms with Crippen LogP contribution in [0.25, 0.3) is 0 Å². The molecular formula is C13H25NO2. The van der Waals surface area contributed by atoms with Gasteiger partial charge in [0.2, 0.25) is 0 Å². The van der Waals surface area contributed by atoms with Crippen molar-refractivity contribution in [2.75, 3.05) is 33.4 Å². The zero-order valence-electron chi connectivity index (χ0n) is 10.7. The standard InChI is InChI=1S/C13H25NO2/c1-3-14(9-10-16-2)11-13(15)12-7-5-4-6-8-12/h12H,3-11H2,1-2H3. The topological polar surface area (TPSA) is 29.5 Å². The summed E-state index contributed by atoms with van der Waals surface area (Å²) >= 11 is 0. The van der Waals surface area contributed by atoms with Gasteiger partial charge >= 0.3 is 0 Å². The second kappa shape index (κ2) is 7.80. The summed E-state index contributed by atoms with van der Waals surface area (Å²) in [5.41, 5.74) is 0. The van der Waals surface area contributed by atoms with E-state index in [0.29, 0.717) is 24.9 Å². The minimum absolute atomic E-state index is 0.338. The average Bonchev–Trinajstić information content (AvgIpc) is 2.35. The van der Waals surface area contributed by atoms with Crippen LogP contribution in [-0.4, -0.2) is 44.0 Å². The van der Waals surface area contributed by atoms with Gasteiger partial charge in [-0.2, -0.15) is 0 Å². The number of nitrogens with zero attached hydrogens (tertiary/aromatic N) is 1. The number of ether oxygens (including phenoxy) is 1. The van der Waals surface area contributed by atoms with Crippen molar-refractivity contribution in [1.29, 1.82) is 0 Å². The summed E-state index contributed by atoms with van der Waals surface area (Å²) in [6, 6.07) is 0. The fourth-order valence-corrected chi connectivity index (χ4v) is 2.34. The zero-order chi connectivity index (χ0) is 11.8. The number of carbonyl (C=O) groups excluding carboxylic acids is 1. The lowest BCUT2D eigenvalue weighted by atomic mass is 9.86. The van der Waals surface area contributed by atoms with Gasteiger partial charge in [0.15, 0.2) is 0 Å². The molecule has 1 aliphatic carbocycles. The van der Waals surface area contributed by atoms with Crippen LogP contribution in [0.5, 0.6) is 0 Å². The van der Waals surface area contributed by atoms with E-state index in [2.05, 4.69) is 11.8 Å². The number of rotatable bonds is 7. The first-order chi connectivity index (χ1) is 7.77. The van der Waals surface area contributed by atoms with Gasteiger partial charge in [-0.3, -0.25) is 9.69 Å². The lowest BCUT2D eigenvalue weighted by molar-refractivity contribution is -0.125. The zero-order valence-corrected chi connectivity index (χ0v) is 10.7. The van der Waals surface area contributed by atoms with Crippen molar-refractivity contribution in [2.45, 2.75) is 39.0 Å². The fraction of sp³-hybridized carbons (Fsp3) is 0.923. The second-order valence-electron chi connectivity index (χ2n) is 4.66. The number of methoxy groups -OCH3 is 1. The van der Waals surface area contributed by atoms with Crippen LogP contribution in [0.15, 0.2) is 0 Å². The Kier molecular flexibility index (Phi) is 6.65. The van der Waals surface area contributed by atoms with Crippen LogP contribution in [0.2, 0.25) is 0 Å². The van der Waals surface area contributed by atoms with Gasteiger partial charge < -0.3 is 4.74 Å². The molecule has 0 amide bonds. The Balaban J connectivity index is 2.29. The van der Waals surface area contributed by atoms with Crippen molar-refractivity contribution < 1.29 is 9.53 Å². The molecule has 1 saturated carbocycles. The molecule has 0 heterocycles. The number of carbonyl (C=O) groups is 1. The van der Waals surface area contributed by atoms with Gasteiger partial charge in [-0.25, -0.2) is 0 Å². The fourth-order valence-electron chi connectivity index (χ4n) is 2.34. The van der Waals surface area contributed by atoms with E-state index >= 15 is 0 Å². The lowest BCUT2D eigenvalue weighted by Gasteiger charge is -2.24. The highest BCUT2D eigenvalue weighted by Gasteiger charge is 2.22. The molecule has 1 aliphatic rings. The molecule has 0 N–H and O–H groups in total. The summed E-state index contributed by atoms with van der Waals surface area (Å²) in [5, 5.41) is 0. The molecule has 16 heavy (non-hydrogen) atoms. The quantitative estimate of drug-likeness (QED) is 0.667. The summed E-state index contributed by atoms with van der Waals surface area (Å²) in [7, 11) is 1.71. The first-order valence-electron chi connectivity index (χ1n) is 6.52. The van der Waals surface area contributed by atoms with Gasteiger partial charge in [-0.1, -0.05) is 26.2 Å². The highest BCUT2D eigenvalue weighted by molar-refractivity contribution is 5.83. The van der Waals surface area contributed by atoms with E-state index in [-0.39, 0.29) is 0 Å². The maximum atomic E-state index is 12.0. The molecule has 3 nitrogen and oxygen atoms in total. The minimum Gasteiger partial charge on any atom is -0.383 e. The number of hydrogen-bond donors (Lipinski definition) is 0. The monoisotopic (exact) mass is 227 g/mol. The summed E-state index contributed by atoms with van der Waals surface area (Å²) in [4.78, 5) is 14.2. The molecule has 3 heteroatoms. The molecule has 0 aliphatic heterocycles. The van der Waals surface area contributed by atoms with Crippen molar-refractivity contribution in [2.24, 2.45) is 5.92 Å². The third kappa shape index (κ3) is 4.62. The Bertz CT molecular complexity index is 200. The smallest absolute Gasteiger partial charge is 0.149 e. The average molecular weight is 227 g/mol. The van der Waals surface area contributed by atoms with Crippen molar-refractivity contribution in [3.05, 3.63) is 0 Å². The molecule has 0 atom stereocenters. The third-order valence-electron chi connectivity index (χ3n) is 3.50. The third-order valence-corrected chi connectivity index (χ3v) is 3.50. The number of ketones is 1. The Morgan fingerprint density at radius 1 is 1.31 bits per heavy atom. The normalized spacial score (nSPS) is 17.9. The predicted molar refractivity (Wildman–Crippen MR) is 65.6 cm³/mol. The van der Waals surface area contributed by atoms with Crippen LogP contribution in [0.1, 0.15) is 39.0 Å². The predicted octanol–water partition coefficient (Wildman–Crippen LogP) is 2.10. The molecule has 0 aromatic heterocycles. The Hall–Kier alpha value is -0.410. The maximum Gasteiger partial charge on any atom is 0.149 e. The van der Waals surface area contributed by atoms with E-state index < -0.39 is 0 Å². The van der Waals surface area contributed by atoms with Crippen molar-refractivity contribution in [3.63, 3.8) is 0 Å². The molecule has 0 bridgehead atoms. The summed E-state index contributed by atoms with van der Waals surface area (Å²) in [5.74, 6) is 0.781. The number of Topliss-reactive ketones (excluding diaryl/α,β-unsaturated/α-hetero) is 1. The molecule has 0 spiro atoms. The van der Waals surface area contributed by atoms with Gasteiger partial charge in [0.25, 0.3) is 0 Å². The van der Waals surface area contributed by atoms with E-state index in [9.17, 15) is 4.79 Å². The van der Waals surface area contributed by atoms with E-state index in [1.165, 1.54) is 19.3 Å². The van der Waals surface area contributed by atoms with E-state index in [4.69, 9.17) is 4.74 Å². The van der Waals surface area contributed by atoms with E-state index in [0.717, 1.165) is 25.9 Å². The number of hydrogen-bond acceptors (Lipinski definition) is 3. The van der Waals surface area contributed by atoms with Gasteiger partial charge in [0.1, 0.15) is 5.78 Å². The molecular weight excluding hydrogens is 202 g/mol. The van der Waals surface area contributed by atoms with E-state index in [1.54, 1.807) is 7.11 Å². The lowest BCUT2D eigenvalue weighted by Crippen LogP contribution is -2.35. The van der Waals surface area contributed by atoms with Crippen LogP contribution in [-0.2, 0) is 9.53 Å². The second-order valence-corrected chi connectivity index (χ2v) is 4.66. The summed E-state index contributed by atoms with van der Waals surface area (Å²) in [6.45, 7) is 5.23. The molecule has 0 radical (unpaired) electrons. The maximum absolute atomic E-state index is 12.0. The molecule has 0 unspecified atom stereocenters. The van der Waals surface area contributed by atoms with Crippen LogP contribution >= 0.6 is 0 Å². The van der Waals surface area contributed by atoms with Gasteiger partial charge in [0.05, 0.1) is 13.2 Å². The Labute approximate surface area is 99.1 Å².